The normalized spacial score (nSPS) is 16.3. The zero-order valence-electron chi connectivity index (χ0n) is 29.9. The first-order valence-electron chi connectivity index (χ1n) is 17.5. The van der Waals surface area contributed by atoms with Gasteiger partial charge in [-0.2, -0.15) is 5.26 Å². The highest BCUT2D eigenvalue weighted by Crippen LogP contribution is 2.38. The summed E-state index contributed by atoms with van der Waals surface area (Å²) < 4.78 is 21.3. The topological polar surface area (TPSA) is 124 Å². The number of ether oxygens (including phenoxy) is 1. The van der Waals surface area contributed by atoms with Crippen LogP contribution >= 0.6 is 23.2 Å². The number of halogens is 3. The fraction of sp³-hybridized carbons (Fsp3) is 0.359. The zero-order valence-corrected chi connectivity index (χ0v) is 31.4. The highest BCUT2D eigenvalue weighted by molar-refractivity contribution is 6.32. The summed E-state index contributed by atoms with van der Waals surface area (Å²) in [4.78, 5) is 22.4. The molecule has 0 spiro atoms. The summed E-state index contributed by atoms with van der Waals surface area (Å²) >= 11 is 12.8. The lowest BCUT2D eigenvalue weighted by Gasteiger charge is -2.40. The van der Waals surface area contributed by atoms with Crippen molar-refractivity contribution in [2.24, 2.45) is 0 Å². The van der Waals surface area contributed by atoms with Crippen LogP contribution in [0.1, 0.15) is 72.9 Å². The molecule has 2 aromatic heterocycles. The number of likely N-dealkylation sites (tertiary alicyclic amines) is 2. The molecule has 1 atom stereocenters. The molecule has 2 fully saturated rings. The van der Waals surface area contributed by atoms with Crippen LogP contribution < -0.4 is 10.6 Å². The minimum absolute atomic E-state index is 0.0337. The summed E-state index contributed by atoms with van der Waals surface area (Å²) in [6.07, 6.45) is 5.37. The summed E-state index contributed by atoms with van der Waals surface area (Å²) in [5.74, 6) is -0.635. The standard InChI is InChI=1S/C39H40Cl2FN9O2/c1-39(2,3)50-12-10-28(11-13-50)51-22-34(47-48-51)36(23-6-5-7-24(14-23)38(52)49-20-29(21-49)53-4)46-33-16-26(40)15-30-35(25(18-43)19-44-37(30)33)45-27-8-9-32(42)31(41)17-27/h5-9,14-17,19,22,28-29,36,46H,10-13,20-21H2,1-4H3,(H,44,45)/t36-/m0/s1. The first kappa shape index (κ1) is 36.6. The third-order valence-electron chi connectivity index (χ3n) is 10.1. The molecule has 0 saturated carbocycles. The molecular formula is C39H40Cl2FN9O2. The maximum atomic E-state index is 14.0. The lowest BCUT2D eigenvalue weighted by atomic mass is 9.98. The second-order valence-corrected chi connectivity index (χ2v) is 15.4. The van der Waals surface area contributed by atoms with Crippen molar-refractivity contribution in [2.75, 3.05) is 43.9 Å². The number of benzene rings is 3. The average Bonchev–Trinajstić information content (AvgIpc) is 3.61. The number of methoxy groups -OCH3 is 1. The van der Waals surface area contributed by atoms with Gasteiger partial charge in [-0.05, 0) is 81.6 Å². The van der Waals surface area contributed by atoms with Crippen molar-refractivity contribution in [1.29, 1.82) is 5.26 Å². The summed E-state index contributed by atoms with van der Waals surface area (Å²) in [5, 5.41) is 27.1. The van der Waals surface area contributed by atoms with E-state index in [1.807, 2.05) is 35.1 Å². The van der Waals surface area contributed by atoms with Crippen LogP contribution in [0.25, 0.3) is 10.9 Å². The average molecular weight is 757 g/mol. The Bertz CT molecular complexity index is 2200. The fourth-order valence-corrected chi connectivity index (χ4v) is 7.39. The second-order valence-electron chi connectivity index (χ2n) is 14.5. The van der Waals surface area contributed by atoms with E-state index < -0.39 is 11.9 Å². The highest BCUT2D eigenvalue weighted by atomic mass is 35.5. The molecule has 1 amide bonds. The number of nitriles is 1. The molecule has 7 rings (SSSR count). The van der Waals surface area contributed by atoms with E-state index >= 15 is 0 Å². The van der Waals surface area contributed by atoms with Gasteiger partial charge < -0.3 is 20.3 Å². The van der Waals surface area contributed by atoms with E-state index in [2.05, 4.69) is 57.7 Å². The number of aromatic nitrogens is 4. The molecule has 53 heavy (non-hydrogen) atoms. The molecule has 0 aliphatic carbocycles. The Morgan fingerprint density at radius 3 is 2.57 bits per heavy atom. The van der Waals surface area contributed by atoms with Gasteiger partial charge in [0.05, 0.1) is 51.9 Å². The number of piperidine rings is 1. The van der Waals surface area contributed by atoms with Gasteiger partial charge in [0.1, 0.15) is 17.6 Å². The Hall–Kier alpha value is -4.80. The summed E-state index contributed by atoms with van der Waals surface area (Å²) in [6.45, 7) is 9.70. The minimum Gasteiger partial charge on any atom is -0.378 e. The zero-order chi connectivity index (χ0) is 37.4. The molecule has 0 radical (unpaired) electrons. The number of amides is 1. The van der Waals surface area contributed by atoms with Crippen molar-refractivity contribution in [3.63, 3.8) is 0 Å². The van der Waals surface area contributed by atoms with E-state index in [0.717, 1.165) is 31.5 Å². The van der Waals surface area contributed by atoms with Gasteiger partial charge >= 0.3 is 0 Å². The van der Waals surface area contributed by atoms with Crippen molar-refractivity contribution in [2.45, 2.75) is 57.3 Å². The van der Waals surface area contributed by atoms with Crippen LogP contribution in [-0.2, 0) is 4.74 Å². The molecule has 2 saturated heterocycles. The number of rotatable bonds is 9. The first-order valence-corrected chi connectivity index (χ1v) is 18.3. The molecule has 2 aliphatic heterocycles. The first-order chi connectivity index (χ1) is 25.4. The van der Waals surface area contributed by atoms with Gasteiger partial charge in [0.25, 0.3) is 5.91 Å². The maximum absolute atomic E-state index is 14.0. The molecule has 11 nitrogen and oxygen atoms in total. The van der Waals surface area contributed by atoms with E-state index in [4.69, 9.17) is 27.9 Å². The SMILES string of the molecule is COC1CN(C(=O)c2cccc([C@H](Nc3cc(Cl)cc4c(Nc5ccc(F)c(Cl)c5)c(C#N)cnc34)c3cn(C4CCN(C(C)(C)C)CC4)nn3)c2)C1. The minimum atomic E-state index is -0.569. The maximum Gasteiger partial charge on any atom is 0.254 e. The van der Waals surface area contributed by atoms with Gasteiger partial charge in [-0.25, -0.2) is 9.07 Å². The van der Waals surface area contributed by atoms with Crippen LogP contribution in [0, 0.1) is 17.1 Å². The summed E-state index contributed by atoms with van der Waals surface area (Å²) in [7, 11) is 1.65. The lowest BCUT2D eigenvalue weighted by molar-refractivity contribution is -0.0192. The lowest BCUT2D eigenvalue weighted by Crippen LogP contribution is -2.54. The number of fused-ring (bicyclic) bond motifs is 1. The number of hydrogen-bond acceptors (Lipinski definition) is 9. The third-order valence-corrected chi connectivity index (χ3v) is 10.6. The van der Waals surface area contributed by atoms with Crippen LogP contribution in [-0.4, -0.2) is 80.6 Å². The largest absolute Gasteiger partial charge is 0.378 e. The van der Waals surface area contributed by atoms with Crippen LogP contribution in [0.15, 0.2) is 67.0 Å². The highest BCUT2D eigenvalue weighted by Gasteiger charge is 2.32. The van der Waals surface area contributed by atoms with Crippen molar-refractivity contribution in [3.05, 3.63) is 105 Å². The summed E-state index contributed by atoms with van der Waals surface area (Å²) in [5.41, 5.74) is 4.35. The predicted octanol–water partition coefficient (Wildman–Crippen LogP) is 8.00. The van der Waals surface area contributed by atoms with Crippen molar-refractivity contribution in [3.8, 4) is 6.07 Å². The van der Waals surface area contributed by atoms with Crippen molar-refractivity contribution >= 4 is 57.1 Å². The number of nitrogens with one attached hydrogen (secondary N) is 2. The molecule has 0 bridgehead atoms. The number of anilines is 3. The quantitative estimate of drug-likeness (QED) is 0.154. The van der Waals surface area contributed by atoms with Gasteiger partial charge in [-0.15, -0.1) is 5.10 Å². The fourth-order valence-electron chi connectivity index (χ4n) is 6.99. The van der Waals surface area contributed by atoms with Crippen LogP contribution in [0.4, 0.5) is 21.5 Å². The number of carbonyl (C=O) groups excluding carboxylic acids is 1. The van der Waals surface area contributed by atoms with Gasteiger partial charge in [0.2, 0.25) is 0 Å². The number of hydrogen-bond donors (Lipinski definition) is 2. The summed E-state index contributed by atoms with van der Waals surface area (Å²) in [6, 6.07) is 17.0. The van der Waals surface area contributed by atoms with E-state index in [-0.39, 0.29) is 34.2 Å². The number of pyridine rings is 1. The molecule has 2 aliphatic rings. The molecular weight excluding hydrogens is 716 g/mol. The molecule has 3 aromatic carbocycles. The second kappa shape index (κ2) is 14.9. The number of carbonyl (C=O) groups is 1. The molecule has 5 aromatic rings. The molecule has 14 heteroatoms. The van der Waals surface area contributed by atoms with Gasteiger partial charge in [0, 0.05) is 66.7 Å². The molecule has 0 unspecified atom stereocenters. The molecule has 4 heterocycles. The Labute approximate surface area is 317 Å². The van der Waals surface area contributed by atoms with Crippen molar-refractivity contribution in [1.82, 2.24) is 29.8 Å². The Morgan fingerprint density at radius 2 is 1.87 bits per heavy atom. The monoisotopic (exact) mass is 755 g/mol. The van der Waals surface area contributed by atoms with E-state index in [0.29, 0.717) is 57.3 Å². The number of nitrogens with zero attached hydrogens (tertiary/aromatic N) is 7. The third kappa shape index (κ3) is 7.66. The molecule has 2 N–H and O–H groups in total. The Kier molecular flexibility index (Phi) is 10.3. The van der Waals surface area contributed by atoms with Gasteiger partial charge in [-0.1, -0.05) is 40.5 Å². The molecule has 274 valence electrons. The van der Waals surface area contributed by atoms with Crippen molar-refractivity contribution < 1.29 is 13.9 Å². The predicted molar refractivity (Wildman–Crippen MR) is 204 cm³/mol. The Balaban J connectivity index is 1.27. The van der Waals surface area contributed by atoms with E-state index in [9.17, 15) is 14.4 Å². The van der Waals surface area contributed by atoms with Crippen LogP contribution in [0.3, 0.4) is 0 Å². The van der Waals surface area contributed by atoms with E-state index in [1.165, 1.54) is 24.4 Å². The van der Waals surface area contributed by atoms with Crippen LogP contribution in [0.2, 0.25) is 10.0 Å². The van der Waals surface area contributed by atoms with Crippen LogP contribution in [0.5, 0.6) is 0 Å². The van der Waals surface area contributed by atoms with E-state index in [1.54, 1.807) is 24.1 Å². The smallest absolute Gasteiger partial charge is 0.254 e. The van der Waals surface area contributed by atoms with Gasteiger partial charge in [-0.3, -0.25) is 14.7 Å². The van der Waals surface area contributed by atoms with Gasteiger partial charge in [0.15, 0.2) is 0 Å². The Morgan fingerprint density at radius 1 is 1.09 bits per heavy atom.